The molecule has 0 aromatic heterocycles. The van der Waals surface area contributed by atoms with E-state index in [0.29, 0.717) is 12.8 Å². The number of carbonyl (C=O) groups excluding carboxylic acids is 1. The van der Waals surface area contributed by atoms with Crippen molar-refractivity contribution >= 4 is 5.91 Å². The second kappa shape index (κ2) is 48.8. The Kier molecular flexibility index (Phi) is 46.6. The largest absolute Gasteiger partial charge is 0.394 e. The van der Waals surface area contributed by atoms with Gasteiger partial charge < -0.3 is 50.5 Å². The van der Waals surface area contributed by atoms with E-state index < -0.39 is 74.2 Å². The Morgan fingerprint density at radius 2 is 0.843 bits per heavy atom. The average molecular weight is 999 g/mol. The molecule has 0 saturated carbocycles. The van der Waals surface area contributed by atoms with E-state index >= 15 is 0 Å². The van der Waals surface area contributed by atoms with E-state index in [4.69, 9.17) is 9.47 Å². The monoisotopic (exact) mass is 998 g/mol. The Bertz CT molecular complexity index is 1140. The number of unbranched alkanes of at least 4 members (excludes halogenated alkanes) is 38. The van der Waals surface area contributed by atoms with Crippen LogP contribution in [-0.4, -0.2) is 110 Å². The van der Waals surface area contributed by atoms with Crippen LogP contribution in [0.5, 0.6) is 0 Å². The van der Waals surface area contributed by atoms with Gasteiger partial charge in [-0.05, 0) is 38.5 Å². The quantitative estimate of drug-likeness (QED) is 0.0215. The maximum absolute atomic E-state index is 13.2. The Labute approximate surface area is 430 Å². The summed E-state index contributed by atoms with van der Waals surface area (Å²) < 4.78 is 11.1. The van der Waals surface area contributed by atoms with Crippen LogP contribution in [0.2, 0.25) is 0 Å². The highest BCUT2D eigenvalue weighted by Gasteiger charge is 2.44. The predicted molar refractivity (Wildman–Crippen MR) is 289 cm³/mol. The Morgan fingerprint density at radius 3 is 1.23 bits per heavy atom. The Morgan fingerprint density at radius 1 is 0.486 bits per heavy atom. The molecule has 1 aliphatic rings. The number of nitrogens with one attached hydrogen (secondary N) is 1. The first-order chi connectivity index (χ1) is 34.2. The second-order valence-electron chi connectivity index (χ2n) is 21.4. The highest BCUT2D eigenvalue weighted by Crippen LogP contribution is 2.23. The van der Waals surface area contributed by atoms with Gasteiger partial charge >= 0.3 is 0 Å². The summed E-state index contributed by atoms with van der Waals surface area (Å²) >= 11 is 0. The van der Waals surface area contributed by atoms with Gasteiger partial charge in [-0.25, -0.2) is 0 Å². The van der Waals surface area contributed by atoms with Gasteiger partial charge in [-0.1, -0.05) is 264 Å². The first-order valence-corrected chi connectivity index (χ1v) is 30.1. The average Bonchev–Trinajstić information content (AvgIpc) is 3.36. The van der Waals surface area contributed by atoms with Crippen LogP contribution in [0.25, 0.3) is 0 Å². The van der Waals surface area contributed by atoms with Crippen LogP contribution in [-0.2, 0) is 14.3 Å². The van der Waals surface area contributed by atoms with E-state index in [2.05, 4.69) is 31.3 Å². The van der Waals surface area contributed by atoms with E-state index in [1.807, 2.05) is 0 Å². The summed E-state index contributed by atoms with van der Waals surface area (Å²) in [6.45, 7) is 3.48. The van der Waals surface area contributed by atoms with Gasteiger partial charge in [0.1, 0.15) is 36.6 Å². The van der Waals surface area contributed by atoms with E-state index in [0.717, 1.165) is 38.5 Å². The van der Waals surface area contributed by atoms with Gasteiger partial charge in [-0.2, -0.15) is 0 Å². The normalized spacial score (nSPS) is 20.3. The summed E-state index contributed by atoms with van der Waals surface area (Å²) in [5, 5.41) is 76.2. The molecule has 1 rings (SSSR count). The number of ether oxygens (including phenoxy) is 2. The number of carbonyl (C=O) groups is 1. The zero-order valence-electron chi connectivity index (χ0n) is 45.5. The van der Waals surface area contributed by atoms with Crippen LogP contribution in [0.3, 0.4) is 0 Å². The molecule has 9 atom stereocenters. The standard InChI is InChI=1S/C59H115NO10/c1-3-5-7-9-11-13-15-17-19-21-23-25-26-27-29-30-32-34-36-38-40-42-44-46-51(62)54(64)50(49-69-59-57(67)56(66)55(65)53(48-61)70-59)60-58(68)52(63)47-45-43-41-39-37-35-33-31-28-24-22-20-18-16-14-12-10-8-6-4-2/h38,40,50-57,59,61-67H,3-37,39,41-49H2,1-2H3,(H,60,68)/b40-38+. The third-order valence-electron chi connectivity index (χ3n) is 14.8. The number of hydrogen-bond donors (Lipinski definition) is 8. The minimum Gasteiger partial charge on any atom is -0.394 e. The lowest BCUT2D eigenvalue weighted by Gasteiger charge is -2.40. The van der Waals surface area contributed by atoms with Crippen molar-refractivity contribution in [3.05, 3.63) is 12.2 Å². The smallest absolute Gasteiger partial charge is 0.249 e. The molecule has 1 heterocycles. The molecule has 1 fully saturated rings. The van der Waals surface area contributed by atoms with Crippen molar-refractivity contribution in [2.24, 2.45) is 0 Å². The van der Waals surface area contributed by atoms with E-state index in [1.54, 1.807) is 0 Å². The molecule has 1 saturated heterocycles. The summed E-state index contributed by atoms with van der Waals surface area (Å²) in [4.78, 5) is 13.2. The van der Waals surface area contributed by atoms with Crippen LogP contribution < -0.4 is 5.32 Å². The second-order valence-corrected chi connectivity index (χ2v) is 21.4. The zero-order valence-corrected chi connectivity index (χ0v) is 45.5. The third kappa shape index (κ3) is 36.7. The van der Waals surface area contributed by atoms with Crippen molar-refractivity contribution in [2.45, 2.75) is 345 Å². The lowest BCUT2D eigenvalue weighted by Crippen LogP contribution is -2.60. The van der Waals surface area contributed by atoms with E-state index in [-0.39, 0.29) is 12.8 Å². The molecule has 70 heavy (non-hydrogen) atoms. The molecule has 11 nitrogen and oxygen atoms in total. The molecule has 0 radical (unpaired) electrons. The zero-order chi connectivity index (χ0) is 51.1. The topological polar surface area (TPSA) is 189 Å². The summed E-state index contributed by atoms with van der Waals surface area (Å²) in [6, 6.07) is -1.18. The van der Waals surface area contributed by atoms with E-state index in [9.17, 15) is 40.5 Å². The highest BCUT2D eigenvalue weighted by molar-refractivity contribution is 5.80. The summed E-state index contributed by atoms with van der Waals surface area (Å²) in [7, 11) is 0. The van der Waals surface area contributed by atoms with Crippen molar-refractivity contribution in [1.29, 1.82) is 0 Å². The van der Waals surface area contributed by atoms with Gasteiger partial charge in [-0.15, -0.1) is 0 Å². The van der Waals surface area contributed by atoms with Gasteiger partial charge in [0.05, 0.1) is 25.4 Å². The molecule has 0 aromatic carbocycles. The SMILES string of the molecule is CCCCCCCCCCCCCCCCCCCC/C=C/CCCC(O)C(O)C(COC1OC(CO)C(O)C(O)C1O)NC(=O)C(O)CCCCCCCCCCCCCCCCCCCCCC. The van der Waals surface area contributed by atoms with Crippen LogP contribution in [0.4, 0.5) is 0 Å². The fourth-order valence-electron chi connectivity index (χ4n) is 9.92. The molecule has 0 spiro atoms. The van der Waals surface area contributed by atoms with Crippen molar-refractivity contribution in [3.63, 3.8) is 0 Å². The molecular formula is C59H115NO10. The molecule has 1 aliphatic heterocycles. The maximum Gasteiger partial charge on any atom is 0.249 e. The van der Waals surface area contributed by atoms with Crippen molar-refractivity contribution in [3.8, 4) is 0 Å². The van der Waals surface area contributed by atoms with Crippen molar-refractivity contribution < 1.29 is 50.0 Å². The fourth-order valence-corrected chi connectivity index (χ4v) is 9.92. The fraction of sp³-hybridized carbons (Fsp3) is 0.949. The van der Waals surface area contributed by atoms with Gasteiger partial charge in [0.15, 0.2) is 6.29 Å². The summed E-state index contributed by atoms with van der Waals surface area (Å²) in [6.07, 6.45) is 45.6. The maximum atomic E-state index is 13.2. The van der Waals surface area contributed by atoms with Gasteiger partial charge in [0.2, 0.25) is 5.91 Å². The van der Waals surface area contributed by atoms with Crippen LogP contribution in [0.15, 0.2) is 12.2 Å². The van der Waals surface area contributed by atoms with Gasteiger partial charge in [0, 0.05) is 0 Å². The van der Waals surface area contributed by atoms with Crippen LogP contribution >= 0.6 is 0 Å². The molecule has 0 aliphatic carbocycles. The molecular weight excluding hydrogens is 883 g/mol. The number of allylic oxidation sites excluding steroid dienone is 2. The molecule has 416 valence electrons. The molecule has 8 N–H and O–H groups in total. The molecule has 11 heteroatoms. The minimum absolute atomic E-state index is 0.259. The number of hydrogen-bond acceptors (Lipinski definition) is 10. The Hall–Kier alpha value is -1.15. The van der Waals surface area contributed by atoms with Gasteiger partial charge in [-0.3, -0.25) is 4.79 Å². The predicted octanol–water partition coefficient (Wildman–Crippen LogP) is 12.7. The van der Waals surface area contributed by atoms with Crippen LogP contribution in [0, 0.1) is 0 Å². The minimum atomic E-state index is -1.67. The summed E-state index contributed by atoms with van der Waals surface area (Å²) in [5.74, 6) is -0.700. The van der Waals surface area contributed by atoms with Crippen LogP contribution in [0.1, 0.15) is 290 Å². The molecule has 0 bridgehead atoms. The first kappa shape index (κ1) is 66.9. The molecule has 1 amide bonds. The number of rotatable bonds is 52. The highest BCUT2D eigenvalue weighted by atomic mass is 16.7. The van der Waals surface area contributed by atoms with E-state index in [1.165, 1.54) is 212 Å². The van der Waals surface area contributed by atoms with Gasteiger partial charge in [0.25, 0.3) is 0 Å². The lowest BCUT2D eigenvalue weighted by atomic mass is 9.98. The van der Waals surface area contributed by atoms with Crippen molar-refractivity contribution in [2.75, 3.05) is 13.2 Å². The number of aliphatic hydroxyl groups is 7. The van der Waals surface area contributed by atoms with Crippen molar-refractivity contribution in [1.82, 2.24) is 5.32 Å². The first-order valence-electron chi connectivity index (χ1n) is 30.1. The molecule has 0 aromatic rings. The number of aliphatic hydroxyl groups excluding tert-OH is 7. The Balaban J connectivity index is 2.31. The summed E-state index contributed by atoms with van der Waals surface area (Å²) in [5.41, 5.74) is 0. The number of amides is 1. The molecule has 9 unspecified atom stereocenters. The lowest BCUT2D eigenvalue weighted by molar-refractivity contribution is -0.303. The third-order valence-corrected chi connectivity index (χ3v) is 14.8.